The normalized spacial score (nSPS) is 10.1. The highest BCUT2D eigenvalue weighted by molar-refractivity contribution is 5.92. The lowest BCUT2D eigenvalue weighted by atomic mass is 10.1. The molecule has 0 unspecified atom stereocenters. The second kappa shape index (κ2) is 8.62. The van der Waals surface area contributed by atoms with E-state index in [4.69, 9.17) is 9.47 Å². The zero-order valence-corrected chi connectivity index (χ0v) is 14.6. The number of benzene rings is 2. The molecule has 136 valence electrons. The van der Waals surface area contributed by atoms with Crippen LogP contribution in [-0.2, 0) is 16.1 Å². The Morgan fingerprint density at radius 3 is 2.41 bits per heavy atom. The Morgan fingerprint density at radius 2 is 1.70 bits per heavy atom. The molecule has 0 aliphatic heterocycles. The summed E-state index contributed by atoms with van der Waals surface area (Å²) in [4.78, 5) is 27.9. The smallest absolute Gasteiger partial charge is 0.342 e. The Kier molecular flexibility index (Phi) is 5.79. The van der Waals surface area contributed by atoms with Crippen LogP contribution in [0, 0.1) is 0 Å². The van der Waals surface area contributed by atoms with Crippen LogP contribution in [0.3, 0.4) is 0 Å². The molecule has 6 nitrogen and oxygen atoms in total. The number of ether oxygens (including phenoxy) is 3. The number of carbonyl (C=O) groups excluding carboxylic acids is 2. The first kappa shape index (κ1) is 18.1. The van der Waals surface area contributed by atoms with Gasteiger partial charge >= 0.3 is 11.9 Å². The molecule has 0 spiro atoms. The molecular formula is C21H17NO5. The summed E-state index contributed by atoms with van der Waals surface area (Å²) >= 11 is 0. The zero-order valence-electron chi connectivity index (χ0n) is 14.6. The van der Waals surface area contributed by atoms with Crippen molar-refractivity contribution >= 4 is 11.9 Å². The van der Waals surface area contributed by atoms with Gasteiger partial charge in [-0.25, -0.2) is 9.59 Å². The summed E-state index contributed by atoms with van der Waals surface area (Å²) in [7, 11) is 1.32. The third-order valence-corrected chi connectivity index (χ3v) is 3.71. The van der Waals surface area contributed by atoms with E-state index in [1.165, 1.54) is 7.11 Å². The van der Waals surface area contributed by atoms with E-state index in [1.807, 2.05) is 0 Å². The molecule has 0 aliphatic rings. The second-order valence-corrected chi connectivity index (χ2v) is 5.55. The highest BCUT2D eigenvalue weighted by Crippen LogP contribution is 2.25. The Balaban J connectivity index is 1.67. The SMILES string of the molecule is COC(=O)c1ccc(COC(=O)c2ccccc2Oc2cccnc2)cc1. The Labute approximate surface area is 156 Å². The van der Waals surface area contributed by atoms with Crippen molar-refractivity contribution in [3.8, 4) is 11.5 Å². The molecule has 0 amide bonds. The maximum absolute atomic E-state index is 12.5. The van der Waals surface area contributed by atoms with Crippen molar-refractivity contribution in [1.82, 2.24) is 4.98 Å². The predicted molar refractivity (Wildman–Crippen MR) is 97.7 cm³/mol. The fourth-order valence-corrected chi connectivity index (χ4v) is 2.34. The molecule has 2 aromatic carbocycles. The molecule has 3 rings (SSSR count). The van der Waals surface area contributed by atoms with E-state index < -0.39 is 11.9 Å². The van der Waals surface area contributed by atoms with E-state index in [0.717, 1.165) is 5.56 Å². The molecule has 0 aliphatic carbocycles. The Bertz CT molecular complexity index is 923. The fraction of sp³-hybridized carbons (Fsp3) is 0.0952. The fourth-order valence-electron chi connectivity index (χ4n) is 2.34. The minimum Gasteiger partial charge on any atom is -0.465 e. The van der Waals surface area contributed by atoms with Gasteiger partial charge in [0.25, 0.3) is 0 Å². The average molecular weight is 363 g/mol. The third kappa shape index (κ3) is 4.70. The topological polar surface area (TPSA) is 74.7 Å². The lowest BCUT2D eigenvalue weighted by Gasteiger charge is -2.11. The first-order valence-corrected chi connectivity index (χ1v) is 8.18. The highest BCUT2D eigenvalue weighted by Gasteiger charge is 2.15. The van der Waals surface area contributed by atoms with Crippen molar-refractivity contribution in [3.05, 3.63) is 89.7 Å². The van der Waals surface area contributed by atoms with Gasteiger partial charge in [-0.1, -0.05) is 24.3 Å². The molecule has 0 radical (unpaired) electrons. The van der Waals surface area contributed by atoms with Gasteiger partial charge in [-0.05, 0) is 42.0 Å². The molecule has 6 heteroatoms. The number of nitrogens with zero attached hydrogens (tertiary/aromatic N) is 1. The van der Waals surface area contributed by atoms with E-state index in [1.54, 1.807) is 73.1 Å². The van der Waals surface area contributed by atoms with Gasteiger partial charge in [0.2, 0.25) is 0 Å². The van der Waals surface area contributed by atoms with Gasteiger partial charge in [-0.15, -0.1) is 0 Å². The first-order valence-electron chi connectivity index (χ1n) is 8.18. The van der Waals surface area contributed by atoms with E-state index in [-0.39, 0.29) is 6.61 Å². The number of para-hydroxylation sites is 1. The summed E-state index contributed by atoms with van der Waals surface area (Å²) in [5, 5.41) is 0. The van der Waals surface area contributed by atoms with Crippen LogP contribution in [-0.4, -0.2) is 24.0 Å². The van der Waals surface area contributed by atoms with Gasteiger partial charge in [-0.3, -0.25) is 4.98 Å². The Hall–Kier alpha value is -3.67. The summed E-state index contributed by atoms with van der Waals surface area (Å²) in [6, 6.07) is 17.0. The molecule has 0 saturated heterocycles. The van der Waals surface area contributed by atoms with Crippen molar-refractivity contribution in [1.29, 1.82) is 0 Å². The predicted octanol–water partition coefficient (Wildman–Crippen LogP) is 4.02. The maximum atomic E-state index is 12.5. The van der Waals surface area contributed by atoms with E-state index in [0.29, 0.717) is 22.6 Å². The molecule has 0 N–H and O–H groups in total. The van der Waals surface area contributed by atoms with Crippen molar-refractivity contribution < 1.29 is 23.8 Å². The summed E-state index contributed by atoms with van der Waals surface area (Å²) in [5.74, 6) is -0.0146. The van der Waals surface area contributed by atoms with Crippen LogP contribution in [0.15, 0.2) is 73.1 Å². The molecule has 3 aromatic rings. The van der Waals surface area contributed by atoms with Gasteiger partial charge in [-0.2, -0.15) is 0 Å². The van der Waals surface area contributed by atoms with Gasteiger partial charge in [0.15, 0.2) is 0 Å². The molecule has 1 aromatic heterocycles. The van der Waals surface area contributed by atoms with Gasteiger partial charge in [0.1, 0.15) is 23.7 Å². The number of esters is 2. The summed E-state index contributed by atoms with van der Waals surface area (Å²) in [5.41, 5.74) is 1.50. The molecule has 0 bridgehead atoms. The summed E-state index contributed by atoms with van der Waals surface area (Å²) in [6.07, 6.45) is 3.20. The van der Waals surface area contributed by atoms with Gasteiger partial charge in [0, 0.05) is 6.20 Å². The molecule has 0 fully saturated rings. The van der Waals surface area contributed by atoms with E-state index in [2.05, 4.69) is 9.72 Å². The van der Waals surface area contributed by atoms with Gasteiger partial charge in [0.05, 0.1) is 18.9 Å². The molecule has 27 heavy (non-hydrogen) atoms. The van der Waals surface area contributed by atoms with Crippen LogP contribution < -0.4 is 4.74 Å². The van der Waals surface area contributed by atoms with Crippen LogP contribution in [0.25, 0.3) is 0 Å². The largest absolute Gasteiger partial charge is 0.465 e. The maximum Gasteiger partial charge on any atom is 0.342 e. The number of hydrogen-bond donors (Lipinski definition) is 0. The van der Waals surface area contributed by atoms with Crippen molar-refractivity contribution in [3.63, 3.8) is 0 Å². The lowest BCUT2D eigenvalue weighted by Crippen LogP contribution is -2.07. The van der Waals surface area contributed by atoms with Crippen LogP contribution in [0.2, 0.25) is 0 Å². The number of carbonyl (C=O) groups is 2. The summed E-state index contributed by atoms with van der Waals surface area (Å²) in [6.45, 7) is 0.0709. The average Bonchev–Trinajstić information content (AvgIpc) is 2.73. The monoisotopic (exact) mass is 363 g/mol. The van der Waals surface area contributed by atoms with E-state index >= 15 is 0 Å². The number of methoxy groups -OCH3 is 1. The molecule has 1 heterocycles. The minimum absolute atomic E-state index is 0.0709. The second-order valence-electron chi connectivity index (χ2n) is 5.55. The molecule has 0 saturated carbocycles. The van der Waals surface area contributed by atoms with Crippen LogP contribution in [0.5, 0.6) is 11.5 Å². The first-order chi connectivity index (χ1) is 13.2. The lowest BCUT2D eigenvalue weighted by molar-refractivity contribution is 0.0468. The van der Waals surface area contributed by atoms with E-state index in [9.17, 15) is 9.59 Å². The van der Waals surface area contributed by atoms with Crippen molar-refractivity contribution in [2.24, 2.45) is 0 Å². The zero-order chi connectivity index (χ0) is 19.1. The molecule has 0 atom stereocenters. The number of rotatable bonds is 6. The van der Waals surface area contributed by atoms with Crippen molar-refractivity contribution in [2.45, 2.75) is 6.61 Å². The molecular weight excluding hydrogens is 346 g/mol. The number of pyridine rings is 1. The number of hydrogen-bond acceptors (Lipinski definition) is 6. The quantitative estimate of drug-likeness (QED) is 0.616. The van der Waals surface area contributed by atoms with Crippen LogP contribution in [0.4, 0.5) is 0 Å². The van der Waals surface area contributed by atoms with Gasteiger partial charge < -0.3 is 14.2 Å². The minimum atomic E-state index is -0.508. The van der Waals surface area contributed by atoms with Crippen LogP contribution in [0.1, 0.15) is 26.3 Å². The standard InChI is InChI=1S/C21H17NO5/c1-25-20(23)16-10-8-15(9-11-16)14-26-21(24)18-6-2-3-7-19(18)27-17-5-4-12-22-13-17/h2-13H,14H2,1H3. The highest BCUT2D eigenvalue weighted by atomic mass is 16.5. The third-order valence-electron chi connectivity index (χ3n) is 3.71. The number of aromatic nitrogens is 1. The van der Waals surface area contributed by atoms with Crippen LogP contribution >= 0.6 is 0 Å². The Morgan fingerprint density at radius 1 is 0.926 bits per heavy atom. The van der Waals surface area contributed by atoms with Crippen molar-refractivity contribution in [2.75, 3.05) is 7.11 Å². The summed E-state index contributed by atoms with van der Waals surface area (Å²) < 4.78 is 15.7.